The second-order valence-electron chi connectivity index (χ2n) is 14.9. The van der Waals surface area contributed by atoms with Gasteiger partial charge in [-0.15, -0.1) is 11.3 Å². The van der Waals surface area contributed by atoms with Crippen LogP contribution in [0.25, 0.3) is 75.5 Å². The molecule has 54 heavy (non-hydrogen) atoms. The maximum Gasteiger partial charge on any atom is 0.145 e. The molecule has 0 spiro atoms. The van der Waals surface area contributed by atoms with Crippen molar-refractivity contribution in [1.82, 2.24) is 0 Å². The van der Waals surface area contributed by atoms with Gasteiger partial charge in [-0.3, -0.25) is 0 Å². The molecule has 11 rings (SSSR count). The van der Waals surface area contributed by atoms with Gasteiger partial charge in [0.1, 0.15) is 11.2 Å². The molecular formula is C51H35NOS. The number of furan rings is 1. The number of thiophene rings is 1. The summed E-state index contributed by atoms with van der Waals surface area (Å²) >= 11 is 1.86. The molecule has 1 aliphatic rings. The van der Waals surface area contributed by atoms with Gasteiger partial charge in [-0.05, 0) is 88.0 Å². The van der Waals surface area contributed by atoms with E-state index in [0.717, 1.165) is 50.1 Å². The minimum absolute atomic E-state index is 0.128. The Morgan fingerprint density at radius 1 is 0.481 bits per heavy atom. The van der Waals surface area contributed by atoms with Crippen molar-refractivity contribution in [3.8, 4) is 33.4 Å². The molecule has 0 saturated heterocycles. The van der Waals surface area contributed by atoms with Crippen LogP contribution in [0.15, 0.2) is 180 Å². The Hall–Kier alpha value is -6.42. The highest BCUT2D eigenvalue weighted by Crippen LogP contribution is 2.55. The Kier molecular flexibility index (Phi) is 6.80. The molecular weight excluding hydrogens is 675 g/mol. The van der Waals surface area contributed by atoms with Gasteiger partial charge in [-0.1, -0.05) is 135 Å². The van der Waals surface area contributed by atoms with Crippen LogP contribution in [0.3, 0.4) is 0 Å². The molecule has 8 aromatic carbocycles. The fraction of sp³-hybridized carbons (Fsp3) is 0.0588. The molecule has 2 aromatic heterocycles. The van der Waals surface area contributed by atoms with Gasteiger partial charge in [-0.2, -0.15) is 0 Å². The summed E-state index contributed by atoms with van der Waals surface area (Å²) in [6, 6.07) is 64.1. The summed E-state index contributed by atoms with van der Waals surface area (Å²) in [6.07, 6.45) is 0. The topological polar surface area (TPSA) is 16.4 Å². The normalized spacial score (nSPS) is 13.1. The fourth-order valence-corrected chi connectivity index (χ4v) is 9.97. The lowest BCUT2D eigenvalue weighted by Gasteiger charge is -2.30. The Morgan fingerprint density at radius 3 is 2.06 bits per heavy atom. The zero-order valence-electron chi connectivity index (χ0n) is 30.0. The van der Waals surface area contributed by atoms with Gasteiger partial charge in [0.25, 0.3) is 0 Å². The molecule has 0 N–H and O–H groups in total. The monoisotopic (exact) mass is 709 g/mol. The highest BCUT2D eigenvalue weighted by Gasteiger charge is 2.38. The van der Waals surface area contributed by atoms with Crippen LogP contribution in [-0.2, 0) is 5.41 Å². The molecule has 0 atom stereocenters. The van der Waals surface area contributed by atoms with Crippen molar-refractivity contribution in [2.75, 3.05) is 4.90 Å². The zero-order chi connectivity index (χ0) is 36.0. The van der Waals surface area contributed by atoms with E-state index in [-0.39, 0.29) is 5.41 Å². The van der Waals surface area contributed by atoms with E-state index in [1.807, 2.05) is 11.3 Å². The molecule has 10 aromatic rings. The van der Waals surface area contributed by atoms with E-state index < -0.39 is 0 Å². The number of rotatable bonds is 5. The molecule has 0 aliphatic heterocycles. The van der Waals surface area contributed by atoms with Crippen molar-refractivity contribution < 1.29 is 4.42 Å². The summed E-state index contributed by atoms with van der Waals surface area (Å²) in [5, 5.41) is 4.84. The first kappa shape index (κ1) is 31.1. The third kappa shape index (κ3) is 4.58. The van der Waals surface area contributed by atoms with Gasteiger partial charge in [0.2, 0.25) is 0 Å². The predicted molar refractivity (Wildman–Crippen MR) is 230 cm³/mol. The van der Waals surface area contributed by atoms with Crippen LogP contribution in [0.5, 0.6) is 0 Å². The van der Waals surface area contributed by atoms with Gasteiger partial charge in [-0.25, -0.2) is 0 Å². The van der Waals surface area contributed by atoms with Crippen LogP contribution in [0.1, 0.15) is 25.0 Å². The van der Waals surface area contributed by atoms with Crippen molar-refractivity contribution in [3.63, 3.8) is 0 Å². The van der Waals surface area contributed by atoms with Crippen molar-refractivity contribution in [1.29, 1.82) is 0 Å². The maximum atomic E-state index is 6.79. The Labute approximate surface area is 318 Å². The van der Waals surface area contributed by atoms with Gasteiger partial charge < -0.3 is 9.32 Å². The number of anilines is 3. The van der Waals surface area contributed by atoms with Crippen LogP contribution in [-0.4, -0.2) is 0 Å². The number of hydrogen-bond donors (Lipinski definition) is 0. The van der Waals surface area contributed by atoms with Crippen molar-refractivity contribution in [3.05, 3.63) is 187 Å². The smallest absolute Gasteiger partial charge is 0.145 e. The van der Waals surface area contributed by atoms with Crippen LogP contribution in [0.2, 0.25) is 0 Å². The van der Waals surface area contributed by atoms with E-state index in [1.54, 1.807) is 0 Å². The van der Waals surface area contributed by atoms with Gasteiger partial charge >= 0.3 is 0 Å². The van der Waals surface area contributed by atoms with Crippen LogP contribution < -0.4 is 4.90 Å². The van der Waals surface area contributed by atoms with Gasteiger partial charge in [0.15, 0.2) is 0 Å². The second-order valence-corrected chi connectivity index (χ2v) is 15.9. The second kappa shape index (κ2) is 11.8. The zero-order valence-corrected chi connectivity index (χ0v) is 30.8. The summed E-state index contributed by atoms with van der Waals surface area (Å²) in [6.45, 7) is 4.70. The molecule has 256 valence electrons. The first-order chi connectivity index (χ1) is 26.5. The lowest BCUT2D eigenvalue weighted by Crippen LogP contribution is -2.16. The van der Waals surface area contributed by atoms with E-state index in [2.05, 4.69) is 195 Å². The summed E-state index contributed by atoms with van der Waals surface area (Å²) < 4.78 is 9.44. The molecule has 0 unspecified atom stereocenters. The van der Waals surface area contributed by atoms with Crippen molar-refractivity contribution in [2.24, 2.45) is 0 Å². The molecule has 1 aliphatic carbocycles. The highest BCUT2D eigenvalue weighted by molar-refractivity contribution is 7.25. The summed E-state index contributed by atoms with van der Waals surface area (Å²) in [4.78, 5) is 2.47. The Morgan fingerprint density at radius 2 is 1.19 bits per heavy atom. The number of hydrogen-bond acceptors (Lipinski definition) is 3. The quantitative estimate of drug-likeness (QED) is 0.177. The maximum absolute atomic E-state index is 6.79. The van der Waals surface area contributed by atoms with Crippen LogP contribution in [0.4, 0.5) is 17.1 Å². The lowest BCUT2D eigenvalue weighted by molar-refractivity contribution is 0.660. The SMILES string of the molecule is CC1(C)c2ccccc2-c2c(N(c3ccc(-c4ccc5sc6ccccc6c5c4)cc3)c3ccc(-c4ccccc4)c4oc5ccccc5c34)cccc21. The number of benzene rings is 8. The van der Waals surface area contributed by atoms with Crippen molar-refractivity contribution in [2.45, 2.75) is 19.3 Å². The molecule has 2 nitrogen and oxygen atoms in total. The van der Waals surface area contributed by atoms with Crippen molar-refractivity contribution >= 4 is 70.5 Å². The molecule has 0 bridgehead atoms. The molecule has 0 fully saturated rings. The molecule has 0 radical (unpaired) electrons. The third-order valence-electron chi connectivity index (χ3n) is 11.5. The lowest BCUT2D eigenvalue weighted by atomic mass is 9.82. The number of para-hydroxylation sites is 1. The standard InChI is InChI=1S/C51H35NOS/c1-51(2)41-18-9-6-16-38(41)48-42(51)19-12-20-43(48)52(35-26-23-32(24-27-35)34-25-30-47-40(31-34)37-15-8-11-22-46(37)54-47)44-29-28-36(33-13-4-3-5-14-33)50-49(44)39-17-7-10-21-45(39)53-50/h3-31H,1-2H3. The average Bonchev–Trinajstić information content (AvgIpc) is 3.87. The average molecular weight is 710 g/mol. The molecule has 0 saturated carbocycles. The van der Waals surface area contributed by atoms with E-state index >= 15 is 0 Å². The largest absolute Gasteiger partial charge is 0.455 e. The van der Waals surface area contributed by atoms with E-state index in [1.165, 1.54) is 53.6 Å². The van der Waals surface area contributed by atoms with Gasteiger partial charge in [0.05, 0.1) is 16.8 Å². The van der Waals surface area contributed by atoms with E-state index in [9.17, 15) is 0 Å². The Bertz CT molecular complexity index is 3080. The summed E-state index contributed by atoms with van der Waals surface area (Å²) in [5.74, 6) is 0. The number of nitrogens with zero attached hydrogens (tertiary/aromatic N) is 1. The first-order valence-corrected chi connectivity index (χ1v) is 19.4. The summed E-state index contributed by atoms with van der Waals surface area (Å²) in [7, 11) is 0. The molecule has 3 heteroatoms. The minimum atomic E-state index is -0.128. The van der Waals surface area contributed by atoms with E-state index in [4.69, 9.17) is 4.42 Å². The Balaban J connectivity index is 1.16. The minimum Gasteiger partial charge on any atom is -0.455 e. The van der Waals surface area contributed by atoms with E-state index in [0.29, 0.717) is 0 Å². The summed E-state index contributed by atoms with van der Waals surface area (Å²) in [5.41, 5.74) is 14.9. The van der Waals surface area contributed by atoms with Gasteiger partial charge in [0, 0.05) is 47.8 Å². The third-order valence-corrected chi connectivity index (χ3v) is 12.6. The van der Waals surface area contributed by atoms with Crippen LogP contribution >= 0.6 is 11.3 Å². The number of fused-ring (bicyclic) bond motifs is 9. The highest BCUT2D eigenvalue weighted by atomic mass is 32.1. The van der Waals surface area contributed by atoms with Crippen LogP contribution in [0, 0.1) is 0 Å². The predicted octanol–water partition coefficient (Wildman–Crippen LogP) is 15.1. The molecule has 2 heterocycles. The first-order valence-electron chi connectivity index (χ1n) is 18.6. The fourth-order valence-electron chi connectivity index (χ4n) is 8.88. The molecule has 0 amide bonds.